The predicted molar refractivity (Wildman–Crippen MR) is 123 cm³/mol. The minimum absolute atomic E-state index is 0.133. The first-order valence-electron chi connectivity index (χ1n) is 10.7. The molecule has 162 valence electrons. The molecule has 5 heteroatoms. The van der Waals surface area contributed by atoms with Crippen molar-refractivity contribution in [3.63, 3.8) is 0 Å². The molecule has 0 unspecified atom stereocenters. The van der Waals surface area contributed by atoms with Gasteiger partial charge in [0, 0.05) is 42.4 Å². The van der Waals surface area contributed by atoms with Crippen LogP contribution in [-0.4, -0.2) is 42.4 Å². The monoisotopic (exact) mass is 418 g/mol. The zero-order valence-electron chi connectivity index (χ0n) is 17.9. The van der Waals surface area contributed by atoms with E-state index in [9.17, 15) is 5.11 Å². The molecule has 0 spiro atoms. The number of aromatic hydroxyl groups is 1. The molecule has 1 saturated heterocycles. The van der Waals surface area contributed by atoms with Gasteiger partial charge in [-0.25, -0.2) is 0 Å². The summed E-state index contributed by atoms with van der Waals surface area (Å²) in [6, 6.07) is 24.1. The highest BCUT2D eigenvalue weighted by Crippen LogP contribution is 2.38. The summed E-state index contributed by atoms with van der Waals surface area (Å²) in [5.74, 6) is 1.03. The fraction of sp³-hybridized carbons (Fsp3) is 0.308. The fourth-order valence-electron chi connectivity index (χ4n) is 4.31. The summed E-state index contributed by atoms with van der Waals surface area (Å²) in [6.45, 7) is 2.60. The van der Waals surface area contributed by atoms with Gasteiger partial charge in [-0.2, -0.15) is 0 Å². The quantitative estimate of drug-likeness (QED) is 0.574. The average molecular weight is 419 g/mol. The molecule has 0 aromatic heterocycles. The molecule has 2 atom stereocenters. The van der Waals surface area contributed by atoms with Crippen molar-refractivity contribution in [1.29, 1.82) is 0 Å². The normalized spacial score (nSPS) is 18.9. The lowest BCUT2D eigenvalue weighted by molar-refractivity contribution is 0.0461. The van der Waals surface area contributed by atoms with Gasteiger partial charge in [0.15, 0.2) is 0 Å². The Labute approximate surface area is 184 Å². The van der Waals surface area contributed by atoms with Gasteiger partial charge in [0.25, 0.3) is 0 Å². The standard InChI is InChI=1S/C26H30N2O3/c1-30-25-13-6-5-11-23(25)24-12-7-10-20(26(24)29)16-28-17-22(14-21(28)15-27)31-18-19-8-3-2-4-9-19/h2-13,21-22,29H,14-18,27H2,1H3/t21-,22+/m0/s1. The number of methoxy groups -OCH3 is 1. The minimum Gasteiger partial charge on any atom is -0.507 e. The predicted octanol–water partition coefficient (Wildman–Crippen LogP) is 4.19. The van der Waals surface area contributed by atoms with Gasteiger partial charge in [-0.15, -0.1) is 0 Å². The molecule has 5 nitrogen and oxygen atoms in total. The number of nitrogens with zero attached hydrogens (tertiary/aromatic N) is 1. The van der Waals surface area contributed by atoms with E-state index in [1.807, 2.05) is 60.7 Å². The molecule has 1 aliphatic heterocycles. The molecule has 0 radical (unpaired) electrons. The van der Waals surface area contributed by atoms with Gasteiger partial charge in [-0.1, -0.05) is 66.7 Å². The zero-order valence-corrected chi connectivity index (χ0v) is 17.9. The Morgan fingerprint density at radius 1 is 0.968 bits per heavy atom. The fourth-order valence-corrected chi connectivity index (χ4v) is 4.31. The molecular weight excluding hydrogens is 388 g/mol. The van der Waals surface area contributed by atoms with Crippen LogP contribution in [0.1, 0.15) is 17.5 Å². The smallest absolute Gasteiger partial charge is 0.128 e. The Kier molecular flexibility index (Phi) is 6.87. The van der Waals surface area contributed by atoms with E-state index >= 15 is 0 Å². The highest BCUT2D eigenvalue weighted by Gasteiger charge is 2.32. The lowest BCUT2D eigenvalue weighted by atomic mass is 10.00. The van der Waals surface area contributed by atoms with Crippen LogP contribution in [0.4, 0.5) is 0 Å². The molecule has 3 aromatic rings. The van der Waals surface area contributed by atoms with Gasteiger partial charge >= 0.3 is 0 Å². The molecule has 1 fully saturated rings. The highest BCUT2D eigenvalue weighted by molar-refractivity contribution is 5.76. The van der Waals surface area contributed by atoms with Gasteiger partial charge in [0.1, 0.15) is 11.5 Å². The minimum atomic E-state index is 0.133. The number of rotatable bonds is 8. The van der Waals surface area contributed by atoms with Crippen molar-refractivity contribution >= 4 is 0 Å². The summed E-state index contributed by atoms with van der Waals surface area (Å²) < 4.78 is 11.7. The van der Waals surface area contributed by atoms with Gasteiger partial charge in [-0.05, 0) is 18.1 Å². The number of ether oxygens (including phenoxy) is 2. The summed E-state index contributed by atoms with van der Waals surface area (Å²) >= 11 is 0. The Hall–Kier alpha value is -2.86. The molecule has 31 heavy (non-hydrogen) atoms. The summed E-state index contributed by atoms with van der Waals surface area (Å²) in [7, 11) is 1.64. The first kappa shape index (κ1) is 21.4. The molecule has 0 saturated carbocycles. The summed E-state index contributed by atoms with van der Waals surface area (Å²) in [5.41, 5.74) is 9.77. The summed E-state index contributed by atoms with van der Waals surface area (Å²) in [5, 5.41) is 11.1. The maximum absolute atomic E-state index is 11.1. The number of phenols is 1. The van der Waals surface area contributed by atoms with Crippen molar-refractivity contribution in [2.24, 2.45) is 5.73 Å². The Morgan fingerprint density at radius 3 is 2.48 bits per heavy atom. The molecule has 1 heterocycles. The maximum atomic E-state index is 11.1. The molecular formula is C26H30N2O3. The van der Waals surface area contributed by atoms with E-state index in [1.54, 1.807) is 7.11 Å². The SMILES string of the molecule is COc1ccccc1-c1cccc(CN2C[C@H](OCc3ccccc3)C[C@H]2CN)c1O. The maximum Gasteiger partial charge on any atom is 0.128 e. The van der Waals surface area contributed by atoms with Crippen molar-refractivity contribution < 1.29 is 14.6 Å². The van der Waals surface area contributed by atoms with Crippen molar-refractivity contribution in [3.8, 4) is 22.6 Å². The van der Waals surface area contributed by atoms with Gasteiger partial charge < -0.3 is 20.3 Å². The van der Waals surface area contributed by atoms with Crippen LogP contribution in [0.5, 0.6) is 11.5 Å². The second kappa shape index (κ2) is 9.96. The molecule has 3 aromatic carbocycles. The van der Waals surface area contributed by atoms with Gasteiger partial charge in [0.2, 0.25) is 0 Å². The van der Waals surface area contributed by atoms with Crippen LogP contribution in [0.3, 0.4) is 0 Å². The lowest BCUT2D eigenvalue weighted by Crippen LogP contribution is -2.35. The molecule has 0 bridgehead atoms. The first-order valence-corrected chi connectivity index (χ1v) is 10.7. The van der Waals surface area contributed by atoms with Crippen LogP contribution < -0.4 is 10.5 Å². The van der Waals surface area contributed by atoms with Gasteiger partial charge in [0.05, 0.1) is 19.8 Å². The second-order valence-corrected chi connectivity index (χ2v) is 7.99. The van der Waals surface area contributed by atoms with Crippen LogP contribution in [-0.2, 0) is 17.9 Å². The third kappa shape index (κ3) is 4.90. The summed E-state index contributed by atoms with van der Waals surface area (Å²) in [6.07, 6.45) is 1.03. The van der Waals surface area contributed by atoms with Crippen LogP contribution in [0.15, 0.2) is 72.8 Å². The number of hydrogen-bond acceptors (Lipinski definition) is 5. The number of likely N-dealkylation sites (tertiary alicyclic amines) is 1. The molecule has 4 rings (SSSR count). The van der Waals surface area contributed by atoms with Crippen LogP contribution in [0, 0.1) is 0 Å². The second-order valence-electron chi connectivity index (χ2n) is 7.99. The average Bonchev–Trinajstić information content (AvgIpc) is 3.21. The molecule has 0 aliphatic carbocycles. The van der Waals surface area contributed by atoms with E-state index in [0.29, 0.717) is 19.7 Å². The number of phenolic OH excluding ortho intramolecular Hbond substituents is 1. The number of para-hydroxylation sites is 2. The number of benzene rings is 3. The molecule has 0 amide bonds. The first-order chi connectivity index (χ1) is 15.2. The Bertz CT molecular complexity index is 993. The largest absolute Gasteiger partial charge is 0.507 e. The third-order valence-corrected chi connectivity index (χ3v) is 5.98. The summed E-state index contributed by atoms with van der Waals surface area (Å²) in [4.78, 5) is 2.32. The van der Waals surface area contributed by atoms with E-state index in [2.05, 4.69) is 17.0 Å². The van der Waals surface area contributed by atoms with E-state index in [0.717, 1.165) is 35.4 Å². The van der Waals surface area contributed by atoms with Gasteiger partial charge in [-0.3, -0.25) is 4.90 Å². The highest BCUT2D eigenvalue weighted by atomic mass is 16.5. The topological polar surface area (TPSA) is 68.0 Å². The van der Waals surface area contributed by atoms with Crippen LogP contribution >= 0.6 is 0 Å². The van der Waals surface area contributed by atoms with Crippen LogP contribution in [0.25, 0.3) is 11.1 Å². The van der Waals surface area contributed by atoms with Crippen molar-refractivity contribution in [3.05, 3.63) is 83.9 Å². The number of hydrogen-bond donors (Lipinski definition) is 2. The van der Waals surface area contributed by atoms with Crippen molar-refractivity contribution in [1.82, 2.24) is 4.90 Å². The van der Waals surface area contributed by atoms with Crippen molar-refractivity contribution in [2.45, 2.75) is 31.7 Å². The Balaban J connectivity index is 1.48. The zero-order chi connectivity index (χ0) is 21.6. The van der Waals surface area contributed by atoms with E-state index < -0.39 is 0 Å². The Morgan fingerprint density at radius 2 is 1.71 bits per heavy atom. The molecule has 1 aliphatic rings. The van der Waals surface area contributed by atoms with Crippen LogP contribution in [0.2, 0.25) is 0 Å². The number of nitrogens with two attached hydrogens (primary N) is 1. The van der Waals surface area contributed by atoms with E-state index in [4.69, 9.17) is 15.2 Å². The third-order valence-electron chi connectivity index (χ3n) is 5.98. The molecule has 3 N–H and O–H groups in total. The van der Waals surface area contributed by atoms with Crippen molar-refractivity contribution in [2.75, 3.05) is 20.2 Å². The van der Waals surface area contributed by atoms with E-state index in [-0.39, 0.29) is 17.9 Å². The van der Waals surface area contributed by atoms with E-state index in [1.165, 1.54) is 5.56 Å². The lowest BCUT2D eigenvalue weighted by Gasteiger charge is -2.24.